The molecule has 2 heterocycles. The maximum atomic E-state index is 14.4. The van der Waals surface area contributed by atoms with Crippen molar-refractivity contribution in [2.24, 2.45) is 28.1 Å². The average Bonchev–Trinajstić information content (AvgIpc) is 1.66. The van der Waals surface area contributed by atoms with Crippen molar-refractivity contribution >= 4 is 88.1 Å². The summed E-state index contributed by atoms with van der Waals surface area (Å²) in [5.41, 5.74) is 23.6. The van der Waals surface area contributed by atoms with Crippen molar-refractivity contribution in [3.63, 3.8) is 0 Å². The fourth-order valence-corrected chi connectivity index (χ4v) is 10.3. The van der Waals surface area contributed by atoms with Gasteiger partial charge in [0.2, 0.25) is 47.3 Å². The molecule has 31 nitrogen and oxygen atoms in total. The molecule has 1 aliphatic heterocycles. The molecule has 3 aromatic carbocycles. The van der Waals surface area contributed by atoms with Crippen LogP contribution in [0.4, 0.5) is 9.59 Å². The molecule has 0 saturated carbocycles. The number of amides is 12. The van der Waals surface area contributed by atoms with Gasteiger partial charge in [-0.05, 0) is 80.3 Å². The van der Waals surface area contributed by atoms with Gasteiger partial charge >= 0.3 is 18.0 Å². The maximum absolute atomic E-state index is 14.4. The van der Waals surface area contributed by atoms with E-state index in [2.05, 4.69) is 58.4 Å². The molecule has 0 bridgehead atoms. The number of hydrogen-bond donors (Lipinski definition) is 15. The quantitative estimate of drug-likeness (QED) is 0.00928. The summed E-state index contributed by atoms with van der Waals surface area (Å²) in [4.78, 5) is 167. The molecule has 1 aromatic heterocycles. The molecule has 1 saturated heterocycles. The van der Waals surface area contributed by atoms with Gasteiger partial charge in [-0.1, -0.05) is 74.5 Å². The molecule has 0 spiro atoms. The molecule has 5 rings (SSSR count). The molecule has 0 radical (unpaired) electrons. The number of hydrazine groups is 1. The maximum Gasteiger partial charge on any atom is 0.341 e. The number of aliphatic hydroxyl groups is 1. The van der Waals surface area contributed by atoms with E-state index in [0.29, 0.717) is 47.0 Å². The Bertz CT molecular complexity index is 3320. The Hall–Kier alpha value is -10.2. The van der Waals surface area contributed by atoms with E-state index in [1.807, 2.05) is 13.8 Å². The smallest absolute Gasteiger partial charge is 0.341 e. The molecule has 31 heteroatoms. The number of carbonyl (C=O) groups excluding carboxylic acids is 12. The van der Waals surface area contributed by atoms with E-state index in [0.717, 1.165) is 16.4 Å². The number of aliphatic imine (C=N–C) groups is 1. The number of phenols is 1. The molecule has 0 unspecified atom stereocenters. The minimum atomic E-state index is -1.88. The number of hydrogen-bond acceptors (Lipinski definition) is 17. The van der Waals surface area contributed by atoms with Crippen molar-refractivity contribution in [1.82, 2.24) is 62.9 Å². The van der Waals surface area contributed by atoms with Crippen LogP contribution in [0.5, 0.6) is 5.75 Å². The number of imide groups is 1. The van der Waals surface area contributed by atoms with Crippen LogP contribution in [0, 0.1) is 5.92 Å². The van der Waals surface area contributed by atoms with E-state index in [-0.39, 0.29) is 56.3 Å². The number of nitrogens with zero attached hydrogens (tertiary/aromatic N) is 3. The number of carbonyl (C=O) groups is 12. The number of fused-ring (bicyclic) bond motifs is 1. The topological polar surface area (TPSA) is 473 Å². The Kier molecular flexibility index (Phi) is 27.4. The lowest BCUT2D eigenvalue weighted by Gasteiger charge is -2.30. The fraction of sp³-hybridized carbons (Fsp3) is 0.459. The van der Waals surface area contributed by atoms with Gasteiger partial charge in [-0.25, -0.2) is 15.0 Å². The van der Waals surface area contributed by atoms with Crippen LogP contribution < -0.4 is 70.6 Å². The average molecular weight is 1280 g/mol. The molecule has 4 aromatic rings. The first-order chi connectivity index (χ1) is 43.5. The third-order valence-electron chi connectivity index (χ3n) is 14.6. The molecule has 498 valence electrons. The van der Waals surface area contributed by atoms with Gasteiger partial charge < -0.3 is 74.3 Å². The summed E-state index contributed by atoms with van der Waals surface area (Å²) in [6, 6.07) is 8.08. The molecule has 1 aliphatic rings. The summed E-state index contributed by atoms with van der Waals surface area (Å²) in [5, 5.41) is 41.6. The lowest BCUT2D eigenvalue weighted by molar-refractivity contribution is -0.150. The van der Waals surface area contributed by atoms with Gasteiger partial charge in [0.1, 0.15) is 48.1 Å². The van der Waals surface area contributed by atoms with Crippen molar-refractivity contribution in [3.8, 4) is 5.75 Å². The van der Waals surface area contributed by atoms with Crippen molar-refractivity contribution in [2.45, 2.75) is 153 Å². The summed E-state index contributed by atoms with van der Waals surface area (Å²) in [5.74, 6) is -8.58. The van der Waals surface area contributed by atoms with Crippen LogP contribution in [0.15, 0.2) is 90.1 Å². The summed E-state index contributed by atoms with van der Waals surface area (Å²) in [7, 11) is 1.52. The van der Waals surface area contributed by atoms with Crippen LogP contribution in [-0.2, 0) is 71.9 Å². The third kappa shape index (κ3) is 22.4. The van der Waals surface area contributed by atoms with E-state index in [9.17, 15) is 67.7 Å². The van der Waals surface area contributed by atoms with Gasteiger partial charge in [-0.2, -0.15) is 0 Å². The highest BCUT2D eigenvalue weighted by atomic mass is 16.5. The standard InChI is InChI=1S/C61H84N16O15/c1-32(2)24-43(62)52(83)69-44(17-13-23-66-59(64)65-7)53(84)67-33(3)25-39-30-77(48-18-12-11-16-42(39)48)61(91)73-60(90)75-74-55(86)45(26-37-14-9-8-10-15-37)71-57(88)51(34(4)92-36(6)79)72-54(85)46(29-50(63)82)70-56(87)49-28-41(81)31-76(49)58(89)47(68-35(5)78)27-38-19-21-40(80)22-20-38/h8-12,14-16,18-22,30,32-34,41,43-47,49,51,80-81H,13,17,23-29,31,62H2,1-7H3,(H2,63,82)(H,67,84)(H,68,78)(H,69,83)(H,70,87)(H,71,88)(H,72,85)(H,74,86)(H3,64,65,66)(H2,73,75,90,91)/t33-,34-,41-,43+,44+,45+,46+,47-,49+,51+/m1/s1. The zero-order valence-corrected chi connectivity index (χ0v) is 52.3. The summed E-state index contributed by atoms with van der Waals surface area (Å²) in [6.07, 6.45) is -1.63. The van der Waals surface area contributed by atoms with Crippen LogP contribution in [0.3, 0.4) is 0 Å². The van der Waals surface area contributed by atoms with Gasteiger partial charge in [0.25, 0.3) is 5.91 Å². The normalized spacial score (nSPS) is 16.4. The number of primary amides is 1. The number of para-hydroxylation sites is 1. The molecule has 1 fully saturated rings. The number of guanidine groups is 1. The summed E-state index contributed by atoms with van der Waals surface area (Å²) >= 11 is 0. The number of rotatable bonds is 29. The van der Waals surface area contributed by atoms with Crippen molar-refractivity contribution < 1.29 is 72.5 Å². The molecule has 18 N–H and O–H groups in total. The second-order valence-corrected chi connectivity index (χ2v) is 22.8. The molecule has 0 aliphatic carbocycles. The molecule has 92 heavy (non-hydrogen) atoms. The number of β-amino-alcohol motifs (C(OH)–C–C–N with tert-alkyl or cyclic N) is 1. The number of phenolic OH excluding ortho intramolecular Hbond substituents is 1. The lowest BCUT2D eigenvalue weighted by atomic mass is 10.0. The number of nitrogens with one attached hydrogen (secondary N) is 10. The highest BCUT2D eigenvalue weighted by molar-refractivity contribution is 6.02. The highest BCUT2D eigenvalue weighted by Gasteiger charge is 2.43. The Labute approximate surface area is 530 Å². The molecular formula is C61H84N16O15. The fourth-order valence-electron chi connectivity index (χ4n) is 10.3. The third-order valence-corrected chi connectivity index (χ3v) is 14.6. The van der Waals surface area contributed by atoms with E-state index >= 15 is 0 Å². The van der Waals surface area contributed by atoms with E-state index < -0.39 is 138 Å². The van der Waals surface area contributed by atoms with E-state index in [1.54, 1.807) is 61.5 Å². The van der Waals surface area contributed by atoms with Crippen molar-refractivity contribution in [1.29, 1.82) is 0 Å². The van der Waals surface area contributed by atoms with E-state index in [1.165, 1.54) is 51.4 Å². The largest absolute Gasteiger partial charge is 0.508 e. The van der Waals surface area contributed by atoms with Gasteiger partial charge in [0.05, 0.1) is 24.1 Å². The first-order valence-corrected chi connectivity index (χ1v) is 29.8. The van der Waals surface area contributed by atoms with Crippen LogP contribution in [0.2, 0.25) is 0 Å². The molecule has 10 atom stereocenters. The number of aromatic hydroxyl groups is 1. The summed E-state index contributed by atoms with van der Waals surface area (Å²) in [6.45, 7) is 8.98. The van der Waals surface area contributed by atoms with Crippen molar-refractivity contribution in [3.05, 3.63) is 102 Å². The Balaban J connectivity index is 1.29. The van der Waals surface area contributed by atoms with Gasteiger partial charge in [-0.15, -0.1) is 0 Å². The first-order valence-electron chi connectivity index (χ1n) is 29.8. The van der Waals surface area contributed by atoms with Crippen molar-refractivity contribution in [2.75, 3.05) is 20.1 Å². The number of esters is 1. The Morgan fingerprint density at radius 2 is 1.33 bits per heavy atom. The number of aromatic nitrogens is 1. The van der Waals surface area contributed by atoms with Gasteiger partial charge in [0, 0.05) is 70.9 Å². The zero-order chi connectivity index (χ0) is 67.9. The number of likely N-dealkylation sites (tertiary alicyclic amines) is 1. The molecule has 12 amide bonds. The second-order valence-electron chi connectivity index (χ2n) is 22.8. The predicted molar refractivity (Wildman–Crippen MR) is 335 cm³/mol. The van der Waals surface area contributed by atoms with Crippen LogP contribution >= 0.6 is 0 Å². The van der Waals surface area contributed by atoms with Gasteiger partial charge in [0.15, 0.2) is 5.96 Å². The number of aliphatic hydroxyl groups excluding tert-OH is 1. The van der Waals surface area contributed by atoms with Crippen LogP contribution in [0.1, 0.15) is 90.3 Å². The number of benzene rings is 3. The second kappa shape index (κ2) is 34.7. The highest BCUT2D eigenvalue weighted by Crippen LogP contribution is 2.24. The summed E-state index contributed by atoms with van der Waals surface area (Å²) < 4.78 is 6.44. The predicted octanol–water partition coefficient (Wildman–Crippen LogP) is -1.90. The SMILES string of the molecule is CN=C(N)NCCC[C@H](NC(=O)[C@@H](N)CC(C)C)C(=O)N[C@H](C)Cc1cn(C(=O)NC(=O)NNC(=O)[C@H](Cc2ccccc2)NC(=O)[C@@H](NC(=O)[C@H](CC(N)=O)NC(=O)[C@@H]2C[C@@H](O)CN2C(=O)[C@@H](Cc2ccc(O)cc2)NC(C)=O)[C@@H](C)OC(C)=O)c2ccccc12. The molecular weight excluding hydrogens is 1200 g/mol. The number of urea groups is 1. The minimum Gasteiger partial charge on any atom is -0.508 e. The Morgan fingerprint density at radius 1 is 0.696 bits per heavy atom. The number of nitrogens with two attached hydrogens (primary N) is 3. The Morgan fingerprint density at radius 3 is 1.97 bits per heavy atom. The lowest BCUT2D eigenvalue weighted by Crippen LogP contribution is -2.62. The van der Waals surface area contributed by atoms with E-state index in [4.69, 9.17) is 21.9 Å². The monoisotopic (exact) mass is 1280 g/mol. The van der Waals surface area contributed by atoms with Gasteiger partial charge in [-0.3, -0.25) is 68.2 Å². The number of ether oxygens (including phenoxy) is 1. The zero-order valence-electron chi connectivity index (χ0n) is 52.3. The van der Waals surface area contributed by atoms with Crippen LogP contribution in [-0.4, -0.2) is 178 Å². The van der Waals surface area contributed by atoms with Crippen LogP contribution in [0.25, 0.3) is 10.9 Å². The minimum absolute atomic E-state index is 0.0541. The first kappa shape index (κ1) is 72.6.